The number of carbonyl (C=O) groups is 2. The summed E-state index contributed by atoms with van der Waals surface area (Å²) in [4.78, 5) is 27.4. The van der Waals surface area contributed by atoms with Crippen molar-refractivity contribution in [3.8, 4) is 0 Å². The average molecular weight is 259 g/mol. The summed E-state index contributed by atoms with van der Waals surface area (Å²) in [6, 6.07) is 8.00. The first kappa shape index (κ1) is 12.7. The molecule has 1 unspecified atom stereocenters. The lowest BCUT2D eigenvalue weighted by Gasteiger charge is -2.12. The maximum Gasteiger partial charge on any atom is 0.251 e. The monoisotopic (exact) mass is 259 g/mol. The highest BCUT2D eigenvalue weighted by Gasteiger charge is 2.17. The predicted molar refractivity (Wildman–Crippen MR) is 68.4 cm³/mol. The van der Waals surface area contributed by atoms with E-state index in [2.05, 4.69) is 25.8 Å². The lowest BCUT2D eigenvalue weighted by atomic mass is 10.2. The highest BCUT2D eigenvalue weighted by Crippen LogP contribution is 2.00. The minimum atomic E-state index is -0.683. The molecule has 1 heterocycles. The number of aromatic amines is 1. The molecule has 0 radical (unpaired) electrons. The number of benzene rings is 1. The normalized spacial score (nSPS) is 11.6. The van der Waals surface area contributed by atoms with Gasteiger partial charge in [-0.3, -0.25) is 14.9 Å². The van der Waals surface area contributed by atoms with Crippen molar-refractivity contribution < 1.29 is 9.59 Å². The summed E-state index contributed by atoms with van der Waals surface area (Å²) in [6.07, 6.45) is 1.28. The number of carbonyl (C=O) groups excluding carboxylic acids is 2. The first-order valence-electron chi connectivity index (χ1n) is 5.69. The van der Waals surface area contributed by atoms with Crippen LogP contribution in [0.15, 0.2) is 36.7 Å². The van der Waals surface area contributed by atoms with Gasteiger partial charge in [0.25, 0.3) is 5.91 Å². The summed E-state index contributed by atoms with van der Waals surface area (Å²) in [5, 5.41) is 11.2. The third kappa shape index (κ3) is 3.38. The number of hydrogen-bond acceptors (Lipinski definition) is 4. The van der Waals surface area contributed by atoms with Crippen LogP contribution in [0, 0.1) is 0 Å². The number of rotatable bonds is 4. The largest absolute Gasteiger partial charge is 0.341 e. The van der Waals surface area contributed by atoms with E-state index in [-0.39, 0.29) is 17.8 Å². The van der Waals surface area contributed by atoms with E-state index in [1.54, 1.807) is 31.2 Å². The Balaban J connectivity index is 1.92. The van der Waals surface area contributed by atoms with Crippen molar-refractivity contribution >= 4 is 17.8 Å². The first-order valence-corrected chi connectivity index (χ1v) is 5.69. The van der Waals surface area contributed by atoms with Gasteiger partial charge in [0.15, 0.2) is 0 Å². The van der Waals surface area contributed by atoms with Crippen molar-refractivity contribution in [2.75, 3.05) is 5.32 Å². The fraction of sp³-hybridized carbons (Fsp3) is 0.167. The van der Waals surface area contributed by atoms with Gasteiger partial charge in [0.1, 0.15) is 12.4 Å². The summed E-state index contributed by atoms with van der Waals surface area (Å²) in [5.41, 5.74) is 0.502. The lowest BCUT2D eigenvalue weighted by Crippen LogP contribution is -2.41. The molecule has 7 heteroatoms. The van der Waals surface area contributed by atoms with E-state index in [0.717, 1.165) is 0 Å². The molecule has 1 aromatic heterocycles. The van der Waals surface area contributed by atoms with Gasteiger partial charge >= 0.3 is 0 Å². The van der Waals surface area contributed by atoms with E-state index in [0.29, 0.717) is 5.56 Å². The molecular weight excluding hydrogens is 246 g/mol. The molecule has 98 valence electrons. The van der Waals surface area contributed by atoms with Gasteiger partial charge in [0, 0.05) is 5.56 Å². The molecule has 0 aliphatic heterocycles. The van der Waals surface area contributed by atoms with Gasteiger partial charge in [0.05, 0.1) is 0 Å². The second-order valence-electron chi connectivity index (χ2n) is 3.88. The molecule has 1 atom stereocenters. The van der Waals surface area contributed by atoms with Gasteiger partial charge in [-0.1, -0.05) is 18.2 Å². The average Bonchev–Trinajstić information content (AvgIpc) is 2.92. The Kier molecular flexibility index (Phi) is 3.87. The smallest absolute Gasteiger partial charge is 0.251 e. The summed E-state index contributed by atoms with van der Waals surface area (Å²) >= 11 is 0. The van der Waals surface area contributed by atoms with E-state index < -0.39 is 6.04 Å². The quantitative estimate of drug-likeness (QED) is 0.747. The number of anilines is 1. The van der Waals surface area contributed by atoms with Gasteiger partial charge in [-0.2, -0.15) is 10.1 Å². The fourth-order valence-corrected chi connectivity index (χ4v) is 1.43. The molecule has 2 aromatic rings. The minimum Gasteiger partial charge on any atom is -0.341 e. The zero-order chi connectivity index (χ0) is 13.7. The van der Waals surface area contributed by atoms with Crippen molar-refractivity contribution in [2.45, 2.75) is 13.0 Å². The third-order valence-corrected chi connectivity index (χ3v) is 2.43. The van der Waals surface area contributed by atoms with Crippen LogP contribution in [0.2, 0.25) is 0 Å². The van der Waals surface area contributed by atoms with Crippen molar-refractivity contribution in [3.63, 3.8) is 0 Å². The molecule has 7 nitrogen and oxygen atoms in total. The molecule has 3 N–H and O–H groups in total. The van der Waals surface area contributed by atoms with Gasteiger partial charge in [-0.15, -0.1) is 0 Å². The molecule has 0 aliphatic carbocycles. The molecule has 0 spiro atoms. The van der Waals surface area contributed by atoms with Crippen LogP contribution in [-0.4, -0.2) is 33.0 Å². The van der Waals surface area contributed by atoms with Crippen LogP contribution in [0.5, 0.6) is 0 Å². The van der Waals surface area contributed by atoms with E-state index in [4.69, 9.17) is 0 Å². The van der Waals surface area contributed by atoms with Crippen LogP contribution in [0.3, 0.4) is 0 Å². The molecule has 0 aliphatic rings. The Bertz CT molecular complexity index is 553. The van der Waals surface area contributed by atoms with Gasteiger partial charge < -0.3 is 5.32 Å². The van der Waals surface area contributed by atoms with Crippen LogP contribution < -0.4 is 10.6 Å². The highest BCUT2D eigenvalue weighted by molar-refractivity contribution is 6.00. The van der Waals surface area contributed by atoms with Gasteiger partial charge in [-0.05, 0) is 19.1 Å². The molecule has 0 bridgehead atoms. The topological polar surface area (TPSA) is 99.8 Å². The number of aromatic nitrogens is 3. The number of hydrogen-bond donors (Lipinski definition) is 3. The van der Waals surface area contributed by atoms with Crippen molar-refractivity contribution in [3.05, 3.63) is 42.2 Å². The maximum atomic E-state index is 11.8. The number of nitrogens with one attached hydrogen (secondary N) is 3. The van der Waals surface area contributed by atoms with Crippen molar-refractivity contribution in [2.24, 2.45) is 0 Å². The zero-order valence-electron chi connectivity index (χ0n) is 10.3. The van der Waals surface area contributed by atoms with E-state index in [1.165, 1.54) is 6.33 Å². The number of H-pyrrole nitrogens is 1. The fourth-order valence-electron chi connectivity index (χ4n) is 1.43. The SMILES string of the molecule is CC(NC(=O)c1ccccc1)C(=O)Nc1ncn[nH]1. The summed E-state index contributed by atoms with van der Waals surface area (Å²) in [5.74, 6) is -0.437. The van der Waals surface area contributed by atoms with Crippen LogP contribution in [0.4, 0.5) is 5.95 Å². The molecule has 0 saturated carbocycles. The third-order valence-electron chi connectivity index (χ3n) is 2.43. The minimum absolute atomic E-state index is 0.241. The Morgan fingerprint density at radius 3 is 2.63 bits per heavy atom. The maximum absolute atomic E-state index is 11.8. The van der Waals surface area contributed by atoms with Crippen LogP contribution >= 0.6 is 0 Å². The Hall–Kier alpha value is -2.70. The van der Waals surface area contributed by atoms with Crippen molar-refractivity contribution in [1.29, 1.82) is 0 Å². The zero-order valence-corrected chi connectivity index (χ0v) is 10.3. The molecule has 2 amide bonds. The second-order valence-corrected chi connectivity index (χ2v) is 3.88. The van der Waals surface area contributed by atoms with Crippen molar-refractivity contribution in [1.82, 2.24) is 20.5 Å². The first-order chi connectivity index (χ1) is 9.16. The molecule has 0 fully saturated rings. The Morgan fingerprint density at radius 2 is 2.00 bits per heavy atom. The van der Waals surface area contributed by atoms with E-state index >= 15 is 0 Å². The molecule has 1 aromatic carbocycles. The van der Waals surface area contributed by atoms with Crippen LogP contribution in [0.25, 0.3) is 0 Å². The van der Waals surface area contributed by atoms with Crippen LogP contribution in [-0.2, 0) is 4.79 Å². The van der Waals surface area contributed by atoms with E-state index in [9.17, 15) is 9.59 Å². The summed E-state index contributed by atoms with van der Waals surface area (Å²) < 4.78 is 0. The number of amides is 2. The second kappa shape index (κ2) is 5.76. The molecule has 2 rings (SSSR count). The summed E-state index contributed by atoms with van der Waals surface area (Å²) in [6.45, 7) is 1.59. The van der Waals surface area contributed by atoms with E-state index in [1.807, 2.05) is 6.07 Å². The molecular formula is C12H13N5O2. The Morgan fingerprint density at radius 1 is 1.26 bits per heavy atom. The highest BCUT2D eigenvalue weighted by atomic mass is 16.2. The standard InChI is InChI=1S/C12H13N5O2/c1-8(10(18)16-12-13-7-14-17-12)15-11(19)9-5-3-2-4-6-9/h2-8H,1H3,(H,15,19)(H2,13,14,16,17,18). The Labute approximate surface area is 109 Å². The predicted octanol–water partition coefficient (Wildman–Crippen LogP) is 0.562. The van der Waals surface area contributed by atoms with Gasteiger partial charge in [-0.25, -0.2) is 5.10 Å². The lowest BCUT2D eigenvalue weighted by molar-refractivity contribution is -0.117. The molecule has 0 saturated heterocycles. The van der Waals surface area contributed by atoms with Crippen LogP contribution in [0.1, 0.15) is 17.3 Å². The summed E-state index contributed by atoms with van der Waals surface area (Å²) in [7, 11) is 0. The number of nitrogens with zero attached hydrogens (tertiary/aromatic N) is 2. The van der Waals surface area contributed by atoms with Gasteiger partial charge in [0.2, 0.25) is 11.9 Å². The molecule has 19 heavy (non-hydrogen) atoms.